The lowest BCUT2D eigenvalue weighted by atomic mass is 10.1. The number of imidazole rings is 1. The summed E-state index contributed by atoms with van der Waals surface area (Å²) in [4.78, 5) is 15.5. The Bertz CT molecular complexity index is 641. The summed E-state index contributed by atoms with van der Waals surface area (Å²) in [6.07, 6.45) is -4.86. The van der Waals surface area contributed by atoms with Crippen molar-refractivity contribution in [1.29, 1.82) is 0 Å². The van der Waals surface area contributed by atoms with Gasteiger partial charge in [0.05, 0.1) is 11.0 Å². The molecule has 1 heterocycles. The maximum atomic E-state index is 12.4. The number of carbonyl (C=O) groups is 1. The number of alkyl halides is 3. The van der Waals surface area contributed by atoms with Gasteiger partial charge >= 0.3 is 6.18 Å². The Hall–Kier alpha value is -1.85. The number of carbonyl (C=O) groups excluding carboxylic acids is 1. The second kappa shape index (κ2) is 4.36. The predicted molar refractivity (Wildman–Crippen MR) is 65.2 cm³/mol. The molecular weight excluding hydrogens is 257 g/mol. The average molecular weight is 270 g/mol. The van der Waals surface area contributed by atoms with Crippen molar-refractivity contribution in [3.8, 4) is 0 Å². The molecular formula is C13H13F3N2O. The lowest BCUT2D eigenvalue weighted by Crippen LogP contribution is -2.22. The van der Waals surface area contributed by atoms with E-state index in [-0.39, 0.29) is 11.5 Å². The first kappa shape index (κ1) is 13.6. The number of aryl methyl sites for hydroxylation is 1. The van der Waals surface area contributed by atoms with E-state index in [0.29, 0.717) is 11.0 Å². The van der Waals surface area contributed by atoms with Gasteiger partial charge in [0.15, 0.2) is 0 Å². The van der Waals surface area contributed by atoms with Gasteiger partial charge in [-0.15, -0.1) is 0 Å². The summed E-state index contributed by atoms with van der Waals surface area (Å²) >= 11 is 0. The minimum absolute atomic E-state index is 0.152. The summed E-state index contributed by atoms with van der Waals surface area (Å²) in [6.45, 7) is 3.89. The van der Waals surface area contributed by atoms with Crippen molar-refractivity contribution in [1.82, 2.24) is 9.55 Å². The Kier molecular flexibility index (Phi) is 3.12. The van der Waals surface area contributed by atoms with E-state index in [2.05, 4.69) is 4.98 Å². The van der Waals surface area contributed by atoms with Crippen LogP contribution in [0.2, 0.25) is 0 Å². The maximum Gasteiger partial charge on any atom is 0.454 e. The van der Waals surface area contributed by atoms with Crippen LogP contribution < -0.4 is 0 Å². The molecule has 0 spiro atoms. The van der Waals surface area contributed by atoms with Gasteiger partial charge in [0, 0.05) is 18.5 Å². The minimum atomic E-state index is -4.86. The molecule has 0 saturated heterocycles. The maximum absolute atomic E-state index is 12.4. The number of benzene rings is 1. The molecule has 1 aromatic carbocycles. The minimum Gasteiger partial charge on any atom is -0.331 e. The van der Waals surface area contributed by atoms with E-state index in [0.717, 1.165) is 5.82 Å². The molecule has 0 saturated carbocycles. The number of rotatable bonds is 2. The van der Waals surface area contributed by atoms with Crippen LogP contribution >= 0.6 is 0 Å². The number of halogens is 3. The molecule has 3 nitrogen and oxygen atoms in total. The molecule has 0 N–H and O–H groups in total. The summed E-state index contributed by atoms with van der Waals surface area (Å²) in [5.74, 6) is -0.920. The molecule has 0 aliphatic rings. The second-order valence-corrected chi connectivity index (χ2v) is 4.71. The van der Waals surface area contributed by atoms with Crippen molar-refractivity contribution in [3.63, 3.8) is 0 Å². The van der Waals surface area contributed by atoms with E-state index in [1.54, 1.807) is 7.05 Å². The lowest BCUT2D eigenvalue weighted by molar-refractivity contribution is -0.0885. The molecule has 0 atom stereocenters. The van der Waals surface area contributed by atoms with Crippen LogP contribution in [-0.4, -0.2) is 21.5 Å². The summed E-state index contributed by atoms with van der Waals surface area (Å²) in [7, 11) is 1.80. The van der Waals surface area contributed by atoms with Crippen LogP contribution in [0.15, 0.2) is 18.2 Å². The standard InChI is InChI=1S/C13H13F3N2O/c1-7(2)12-17-9-6-8(11(19)13(14,15)16)4-5-10(9)18(12)3/h4-7H,1-3H3. The van der Waals surface area contributed by atoms with E-state index >= 15 is 0 Å². The highest BCUT2D eigenvalue weighted by Crippen LogP contribution is 2.25. The van der Waals surface area contributed by atoms with Crippen molar-refractivity contribution >= 4 is 16.8 Å². The van der Waals surface area contributed by atoms with E-state index in [4.69, 9.17) is 0 Å². The summed E-state index contributed by atoms with van der Waals surface area (Å²) in [6, 6.07) is 3.87. The van der Waals surface area contributed by atoms with Crippen LogP contribution in [0.4, 0.5) is 13.2 Å². The largest absolute Gasteiger partial charge is 0.454 e. The van der Waals surface area contributed by atoms with Crippen molar-refractivity contribution < 1.29 is 18.0 Å². The first-order valence-corrected chi connectivity index (χ1v) is 5.79. The van der Waals surface area contributed by atoms with Crippen LogP contribution in [0.3, 0.4) is 0 Å². The first-order chi connectivity index (χ1) is 8.71. The number of hydrogen-bond donors (Lipinski definition) is 0. The quantitative estimate of drug-likeness (QED) is 0.783. The Morgan fingerprint density at radius 1 is 1.32 bits per heavy atom. The highest BCUT2D eigenvalue weighted by molar-refractivity contribution is 6.02. The highest BCUT2D eigenvalue weighted by atomic mass is 19.4. The molecule has 2 aromatic rings. The molecule has 0 aliphatic carbocycles. The molecule has 2 rings (SSSR count). The summed E-state index contributed by atoms with van der Waals surface area (Å²) in [5.41, 5.74) is 0.733. The van der Waals surface area contributed by atoms with Gasteiger partial charge in [0.2, 0.25) is 0 Å². The van der Waals surface area contributed by atoms with Crippen LogP contribution in [0.1, 0.15) is 35.9 Å². The Balaban J connectivity index is 2.56. The molecule has 102 valence electrons. The van der Waals surface area contributed by atoms with Crippen LogP contribution in [0.25, 0.3) is 11.0 Å². The summed E-state index contributed by atoms with van der Waals surface area (Å²) in [5, 5.41) is 0. The van der Waals surface area contributed by atoms with E-state index in [1.165, 1.54) is 18.2 Å². The summed E-state index contributed by atoms with van der Waals surface area (Å²) < 4.78 is 38.9. The van der Waals surface area contributed by atoms with Crippen LogP contribution in [0.5, 0.6) is 0 Å². The third-order valence-electron chi connectivity index (χ3n) is 2.95. The third kappa shape index (κ3) is 2.34. The molecule has 6 heteroatoms. The van der Waals surface area contributed by atoms with Crippen LogP contribution in [0, 0.1) is 0 Å². The van der Waals surface area contributed by atoms with Gasteiger partial charge in [0.25, 0.3) is 5.78 Å². The zero-order chi connectivity index (χ0) is 14.4. The molecule has 0 unspecified atom stereocenters. The zero-order valence-corrected chi connectivity index (χ0v) is 10.7. The van der Waals surface area contributed by atoms with E-state index in [9.17, 15) is 18.0 Å². The third-order valence-corrected chi connectivity index (χ3v) is 2.95. The Labute approximate surface area is 108 Å². The monoisotopic (exact) mass is 270 g/mol. The van der Waals surface area contributed by atoms with Crippen molar-refractivity contribution in [2.45, 2.75) is 25.9 Å². The molecule has 0 bridgehead atoms. The highest BCUT2D eigenvalue weighted by Gasteiger charge is 2.39. The number of aromatic nitrogens is 2. The van der Waals surface area contributed by atoms with Crippen LogP contribution in [-0.2, 0) is 7.05 Å². The normalized spacial score (nSPS) is 12.4. The average Bonchev–Trinajstić information content (AvgIpc) is 2.64. The predicted octanol–water partition coefficient (Wildman–Crippen LogP) is 3.44. The fourth-order valence-corrected chi connectivity index (χ4v) is 2.04. The fraction of sp³-hybridized carbons (Fsp3) is 0.385. The zero-order valence-electron chi connectivity index (χ0n) is 10.7. The Morgan fingerprint density at radius 2 is 1.95 bits per heavy atom. The van der Waals surface area contributed by atoms with Crippen molar-refractivity contribution in [2.75, 3.05) is 0 Å². The van der Waals surface area contributed by atoms with Gasteiger partial charge in [-0.2, -0.15) is 13.2 Å². The SMILES string of the molecule is CC(C)c1nc2cc(C(=O)C(F)(F)F)ccc2n1C. The van der Waals surface area contributed by atoms with Gasteiger partial charge < -0.3 is 4.57 Å². The second-order valence-electron chi connectivity index (χ2n) is 4.71. The molecule has 0 fully saturated rings. The molecule has 0 radical (unpaired) electrons. The molecule has 19 heavy (non-hydrogen) atoms. The number of Topliss-reactive ketones (excluding diaryl/α,β-unsaturated/α-hetero) is 1. The number of hydrogen-bond acceptors (Lipinski definition) is 2. The number of ketones is 1. The van der Waals surface area contributed by atoms with Gasteiger partial charge in [-0.25, -0.2) is 4.98 Å². The molecule has 1 aromatic heterocycles. The van der Waals surface area contributed by atoms with Gasteiger partial charge in [0.1, 0.15) is 5.82 Å². The van der Waals surface area contributed by atoms with E-state index < -0.39 is 12.0 Å². The van der Waals surface area contributed by atoms with Gasteiger partial charge in [-0.3, -0.25) is 4.79 Å². The fourth-order valence-electron chi connectivity index (χ4n) is 2.04. The van der Waals surface area contributed by atoms with Gasteiger partial charge in [-0.1, -0.05) is 13.8 Å². The van der Waals surface area contributed by atoms with Crippen molar-refractivity contribution in [3.05, 3.63) is 29.6 Å². The molecule has 0 amide bonds. The Morgan fingerprint density at radius 3 is 2.47 bits per heavy atom. The first-order valence-electron chi connectivity index (χ1n) is 5.79. The smallest absolute Gasteiger partial charge is 0.331 e. The van der Waals surface area contributed by atoms with Crippen molar-refractivity contribution in [2.24, 2.45) is 7.05 Å². The topological polar surface area (TPSA) is 34.9 Å². The number of nitrogens with zero attached hydrogens (tertiary/aromatic N) is 2. The lowest BCUT2D eigenvalue weighted by Gasteiger charge is -2.05. The molecule has 0 aliphatic heterocycles. The van der Waals surface area contributed by atoms with E-state index in [1.807, 2.05) is 18.4 Å². The van der Waals surface area contributed by atoms with Gasteiger partial charge in [-0.05, 0) is 18.2 Å². The number of fused-ring (bicyclic) bond motifs is 1.